The number of ether oxygens (including phenoxy) is 1. The molecule has 2 rings (SSSR count). The van der Waals surface area contributed by atoms with Crippen LogP contribution in [0, 0.1) is 0 Å². The molecule has 0 radical (unpaired) electrons. The first-order valence-electron chi connectivity index (χ1n) is 6.52. The molecule has 1 saturated heterocycles. The quantitative estimate of drug-likeness (QED) is 0.864. The van der Waals surface area contributed by atoms with Crippen molar-refractivity contribution in [1.82, 2.24) is 4.90 Å². The normalized spacial score (nSPS) is 19.4. The van der Waals surface area contributed by atoms with Crippen LogP contribution < -0.4 is 5.32 Å². The fourth-order valence-corrected chi connectivity index (χ4v) is 2.74. The minimum Gasteiger partial charge on any atom is -0.462 e. The molecule has 1 aromatic carbocycles. The van der Waals surface area contributed by atoms with Crippen LogP contribution >= 0.6 is 15.9 Å². The number of carbonyl (C=O) groups is 1. The van der Waals surface area contributed by atoms with Crippen LogP contribution in [-0.4, -0.2) is 43.7 Å². The number of anilines is 1. The molecule has 19 heavy (non-hydrogen) atoms. The zero-order valence-corrected chi connectivity index (χ0v) is 12.9. The average molecular weight is 327 g/mol. The number of likely N-dealkylation sites (N-methyl/N-ethyl adjacent to an activating group) is 1. The third-order valence-corrected chi connectivity index (χ3v) is 3.89. The second-order valence-corrected chi connectivity index (χ2v) is 5.66. The molecule has 1 unspecified atom stereocenters. The molecule has 0 bridgehead atoms. The molecule has 0 aliphatic carbocycles. The van der Waals surface area contributed by atoms with E-state index in [1.165, 1.54) is 0 Å². The average Bonchev–Trinajstić information content (AvgIpc) is 2.78. The topological polar surface area (TPSA) is 41.6 Å². The van der Waals surface area contributed by atoms with Crippen molar-refractivity contribution in [3.05, 3.63) is 28.2 Å². The van der Waals surface area contributed by atoms with Gasteiger partial charge in [0.25, 0.3) is 0 Å². The monoisotopic (exact) mass is 326 g/mol. The van der Waals surface area contributed by atoms with Crippen molar-refractivity contribution in [3.8, 4) is 0 Å². The van der Waals surface area contributed by atoms with E-state index in [1.807, 2.05) is 6.07 Å². The number of benzene rings is 1. The molecule has 1 atom stereocenters. The molecular weight excluding hydrogens is 308 g/mol. The van der Waals surface area contributed by atoms with Gasteiger partial charge in [-0.15, -0.1) is 0 Å². The Morgan fingerprint density at radius 2 is 2.37 bits per heavy atom. The minimum absolute atomic E-state index is 0.282. The number of nitrogens with one attached hydrogen (secondary N) is 1. The van der Waals surface area contributed by atoms with Gasteiger partial charge in [-0.1, -0.05) is 0 Å². The largest absolute Gasteiger partial charge is 0.462 e. The first-order chi connectivity index (χ1) is 9.10. The molecule has 104 valence electrons. The van der Waals surface area contributed by atoms with Crippen molar-refractivity contribution >= 4 is 27.6 Å². The van der Waals surface area contributed by atoms with E-state index in [-0.39, 0.29) is 5.97 Å². The van der Waals surface area contributed by atoms with Crippen LogP contribution in [0.3, 0.4) is 0 Å². The van der Waals surface area contributed by atoms with Crippen molar-refractivity contribution in [3.63, 3.8) is 0 Å². The lowest BCUT2D eigenvalue weighted by Crippen LogP contribution is -2.23. The number of esters is 1. The van der Waals surface area contributed by atoms with Crippen molar-refractivity contribution in [2.75, 3.05) is 32.1 Å². The maximum absolute atomic E-state index is 11.6. The highest BCUT2D eigenvalue weighted by atomic mass is 79.9. The van der Waals surface area contributed by atoms with E-state index in [1.54, 1.807) is 19.1 Å². The smallest absolute Gasteiger partial charge is 0.338 e. The SMILES string of the molecule is CCOC(=O)c1ccc(NC2CCN(C)C2)c(Br)c1. The Hall–Kier alpha value is -1.07. The molecule has 0 spiro atoms. The number of rotatable bonds is 4. The van der Waals surface area contributed by atoms with Gasteiger partial charge in [0, 0.05) is 22.7 Å². The second kappa shape index (κ2) is 6.39. The summed E-state index contributed by atoms with van der Waals surface area (Å²) in [5.41, 5.74) is 1.59. The highest BCUT2D eigenvalue weighted by Gasteiger charge is 2.20. The maximum atomic E-state index is 11.6. The van der Waals surface area contributed by atoms with Crippen LogP contribution in [0.25, 0.3) is 0 Å². The molecule has 4 nitrogen and oxygen atoms in total. The second-order valence-electron chi connectivity index (χ2n) is 4.81. The molecular formula is C14H19BrN2O2. The number of carbonyl (C=O) groups excluding carboxylic acids is 1. The first kappa shape index (κ1) is 14.3. The first-order valence-corrected chi connectivity index (χ1v) is 7.31. The fourth-order valence-electron chi connectivity index (χ4n) is 2.25. The summed E-state index contributed by atoms with van der Waals surface area (Å²) >= 11 is 3.51. The summed E-state index contributed by atoms with van der Waals surface area (Å²) in [7, 11) is 2.13. The molecule has 0 aromatic heterocycles. The van der Waals surface area contributed by atoms with Gasteiger partial charge in [0.05, 0.1) is 12.2 Å². The number of likely N-dealkylation sites (tertiary alicyclic amines) is 1. The molecule has 1 fully saturated rings. The van der Waals surface area contributed by atoms with E-state index in [2.05, 4.69) is 33.2 Å². The molecule has 1 aromatic rings. The van der Waals surface area contributed by atoms with Gasteiger partial charge in [0.2, 0.25) is 0 Å². The van der Waals surface area contributed by atoms with Gasteiger partial charge >= 0.3 is 5.97 Å². The van der Waals surface area contributed by atoms with Crippen LogP contribution in [0.4, 0.5) is 5.69 Å². The summed E-state index contributed by atoms with van der Waals surface area (Å²) < 4.78 is 5.88. The van der Waals surface area contributed by atoms with Gasteiger partial charge in [0.15, 0.2) is 0 Å². The van der Waals surface area contributed by atoms with E-state index < -0.39 is 0 Å². The number of halogens is 1. The van der Waals surface area contributed by atoms with Gasteiger partial charge in [-0.3, -0.25) is 0 Å². The number of hydrogen-bond donors (Lipinski definition) is 1. The summed E-state index contributed by atoms with van der Waals surface area (Å²) in [4.78, 5) is 13.9. The highest BCUT2D eigenvalue weighted by Crippen LogP contribution is 2.26. The Labute approximate surface area is 122 Å². The Bertz CT molecular complexity index is 465. The summed E-state index contributed by atoms with van der Waals surface area (Å²) in [6.45, 7) is 4.37. The van der Waals surface area contributed by atoms with E-state index in [0.29, 0.717) is 18.2 Å². The van der Waals surface area contributed by atoms with Gasteiger partial charge in [-0.25, -0.2) is 4.79 Å². The van der Waals surface area contributed by atoms with Crippen LogP contribution in [0.2, 0.25) is 0 Å². The Morgan fingerprint density at radius 3 is 2.95 bits per heavy atom. The lowest BCUT2D eigenvalue weighted by atomic mass is 10.2. The zero-order valence-electron chi connectivity index (χ0n) is 11.3. The van der Waals surface area contributed by atoms with E-state index >= 15 is 0 Å². The van der Waals surface area contributed by atoms with Crippen molar-refractivity contribution in [2.24, 2.45) is 0 Å². The molecule has 0 saturated carbocycles. The molecule has 1 aliphatic heterocycles. The Balaban J connectivity index is 2.04. The van der Waals surface area contributed by atoms with Gasteiger partial charge < -0.3 is 15.0 Å². The van der Waals surface area contributed by atoms with Gasteiger partial charge in [0.1, 0.15) is 0 Å². The van der Waals surface area contributed by atoms with Crippen molar-refractivity contribution in [2.45, 2.75) is 19.4 Å². The lowest BCUT2D eigenvalue weighted by molar-refractivity contribution is 0.0526. The molecule has 1 heterocycles. The van der Waals surface area contributed by atoms with Crippen LogP contribution in [0.5, 0.6) is 0 Å². The van der Waals surface area contributed by atoms with Crippen LogP contribution in [0.1, 0.15) is 23.7 Å². The van der Waals surface area contributed by atoms with Crippen LogP contribution in [0.15, 0.2) is 22.7 Å². The van der Waals surface area contributed by atoms with Crippen molar-refractivity contribution in [1.29, 1.82) is 0 Å². The predicted octanol–water partition coefficient (Wildman–Crippen LogP) is 2.74. The standard InChI is InChI=1S/C14H19BrN2O2/c1-3-19-14(18)10-4-5-13(12(15)8-10)16-11-6-7-17(2)9-11/h4-5,8,11,16H,3,6-7,9H2,1-2H3. The summed E-state index contributed by atoms with van der Waals surface area (Å²) in [5.74, 6) is -0.282. The number of hydrogen-bond acceptors (Lipinski definition) is 4. The molecule has 0 amide bonds. The minimum atomic E-state index is -0.282. The van der Waals surface area contributed by atoms with E-state index in [9.17, 15) is 4.79 Å². The van der Waals surface area contributed by atoms with E-state index in [0.717, 1.165) is 29.7 Å². The van der Waals surface area contributed by atoms with E-state index in [4.69, 9.17) is 4.74 Å². The van der Waals surface area contributed by atoms with Crippen LogP contribution in [-0.2, 0) is 4.74 Å². The molecule has 1 aliphatic rings. The highest BCUT2D eigenvalue weighted by molar-refractivity contribution is 9.10. The summed E-state index contributed by atoms with van der Waals surface area (Å²) in [6, 6.07) is 5.99. The molecule has 5 heteroatoms. The van der Waals surface area contributed by atoms with Crippen molar-refractivity contribution < 1.29 is 9.53 Å². The summed E-state index contributed by atoms with van der Waals surface area (Å²) in [6.07, 6.45) is 1.14. The Kier molecular flexibility index (Phi) is 4.82. The maximum Gasteiger partial charge on any atom is 0.338 e. The third kappa shape index (κ3) is 3.70. The molecule has 1 N–H and O–H groups in total. The predicted molar refractivity (Wildman–Crippen MR) is 79.6 cm³/mol. The lowest BCUT2D eigenvalue weighted by Gasteiger charge is -2.16. The third-order valence-electron chi connectivity index (χ3n) is 3.23. The Morgan fingerprint density at radius 1 is 1.58 bits per heavy atom. The summed E-state index contributed by atoms with van der Waals surface area (Å²) in [5, 5.41) is 3.50. The zero-order chi connectivity index (χ0) is 13.8. The number of nitrogens with zero attached hydrogens (tertiary/aromatic N) is 1. The van der Waals surface area contributed by atoms with Gasteiger partial charge in [-0.05, 0) is 61.1 Å². The fraction of sp³-hybridized carbons (Fsp3) is 0.500. The van der Waals surface area contributed by atoms with Gasteiger partial charge in [-0.2, -0.15) is 0 Å².